The van der Waals surface area contributed by atoms with Crippen molar-refractivity contribution < 1.29 is 9.94 Å². The first-order valence-electron chi connectivity index (χ1n) is 4.18. The van der Waals surface area contributed by atoms with Gasteiger partial charge in [-0.15, -0.1) is 4.73 Å². The summed E-state index contributed by atoms with van der Waals surface area (Å²) in [7, 11) is 0. The van der Waals surface area contributed by atoms with Gasteiger partial charge in [0.1, 0.15) is 5.69 Å². The van der Waals surface area contributed by atoms with E-state index in [2.05, 4.69) is 0 Å². The Labute approximate surface area is 75.4 Å². The van der Waals surface area contributed by atoms with E-state index in [-0.39, 0.29) is 5.69 Å². The predicted octanol–water partition coefficient (Wildman–Crippen LogP) is -0.156. The van der Waals surface area contributed by atoms with Crippen LogP contribution in [0.1, 0.15) is 25.2 Å². The van der Waals surface area contributed by atoms with Crippen LogP contribution in [0.3, 0.4) is 0 Å². The second-order valence-corrected chi connectivity index (χ2v) is 2.72. The summed E-state index contributed by atoms with van der Waals surface area (Å²) in [6.45, 7) is 3.45. The summed E-state index contributed by atoms with van der Waals surface area (Å²) in [6.07, 6.45) is 1.98. The van der Waals surface area contributed by atoms with Crippen molar-refractivity contribution in [1.29, 1.82) is 0 Å². The highest BCUT2D eigenvalue weighted by atomic mass is 16.5. The molecule has 0 radical (unpaired) electrons. The minimum Gasteiger partial charge on any atom is -0.618 e. The van der Waals surface area contributed by atoms with Gasteiger partial charge in [0, 0.05) is 6.42 Å². The van der Waals surface area contributed by atoms with Gasteiger partial charge in [0.05, 0.1) is 0 Å². The van der Waals surface area contributed by atoms with E-state index >= 15 is 0 Å². The Bertz CT molecular complexity index is 370. The molecule has 1 N–H and O–H groups in total. The lowest BCUT2D eigenvalue weighted by molar-refractivity contribution is -0.616. The van der Waals surface area contributed by atoms with Gasteiger partial charge in [0.2, 0.25) is 6.20 Å². The van der Waals surface area contributed by atoms with Crippen LogP contribution in [0.2, 0.25) is 0 Å². The van der Waals surface area contributed by atoms with Gasteiger partial charge >= 0.3 is 5.56 Å². The Morgan fingerprint density at radius 2 is 2.15 bits per heavy atom. The van der Waals surface area contributed by atoms with E-state index in [4.69, 9.17) is 0 Å². The molecule has 5 nitrogen and oxygen atoms in total. The van der Waals surface area contributed by atoms with Crippen LogP contribution < -0.4 is 10.3 Å². The van der Waals surface area contributed by atoms with E-state index < -0.39 is 5.56 Å². The van der Waals surface area contributed by atoms with Gasteiger partial charge < -0.3 is 10.4 Å². The largest absolute Gasteiger partial charge is 0.618 e. The van der Waals surface area contributed by atoms with Crippen molar-refractivity contribution in [3.8, 4) is 0 Å². The van der Waals surface area contributed by atoms with Crippen LogP contribution in [0.15, 0.2) is 11.0 Å². The van der Waals surface area contributed by atoms with Crippen molar-refractivity contribution >= 4 is 0 Å². The smallest absolute Gasteiger partial charge is 0.351 e. The van der Waals surface area contributed by atoms with E-state index in [0.29, 0.717) is 28.0 Å². The van der Waals surface area contributed by atoms with Crippen LogP contribution >= 0.6 is 0 Å². The lowest BCUT2D eigenvalue weighted by Crippen LogP contribution is -2.43. The number of nitrogens with zero attached hydrogens (tertiary/aromatic N) is 2. The molecule has 0 atom stereocenters. The van der Waals surface area contributed by atoms with E-state index in [0.717, 1.165) is 0 Å². The summed E-state index contributed by atoms with van der Waals surface area (Å²) in [5, 5.41) is 20.5. The molecule has 0 unspecified atom stereocenters. The fourth-order valence-electron chi connectivity index (χ4n) is 1.16. The molecule has 0 spiro atoms. The van der Waals surface area contributed by atoms with Gasteiger partial charge in [0.15, 0.2) is 0 Å². The minimum atomic E-state index is -0.628. The van der Waals surface area contributed by atoms with Gasteiger partial charge in [-0.3, -0.25) is 4.79 Å². The molecule has 0 saturated carbocycles. The zero-order valence-corrected chi connectivity index (χ0v) is 7.65. The molecule has 1 heterocycles. The summed E-state index contributed by atoms with van der Waals surface area (Å²) >= 11 is 0. The third-order valence-electron chi connectivity index (χ3n) is 1.94. The molecule has 0 aliphatic heterocycles. The Balaban J connectivity index is 3.46. The van der Waals surface area contributed by atoms with Crippen LogP contribution in [0.4, 0.5) is 0 Å². The minimum absolute atomic E-state index is 0.0553. The Morgan fingerprint density at radius 3 is 2.62 bits per heavy atom. The maximum atomic E-state index is 11.3. The molecule has 0 bridgehead atoms. The Hall–Kier alpha value is -1.52. The van der Waals surface area contributed by atoms with E-state index in [9.17, 15) is 15.2 Å². The van der Waals surface area contributed by atoms with Crippen LogP contribution in [0.25, 0.3) is 0 Å². The molecule has 0 amide bonds. The van der Waals surface area contributed by atoms with Crippen molar-refractivity contribution in [3.63, 3.8) is 0 Å². The Morgan fingerprint density at radius 1 is 1.54 bits per heavy atom. The number of aromatic nitrogens is 2. The second-order valence-electron chi connectivity index (χ2n) is 2.72. The standard InChI is InChI=1S/C8H12N2O3/c1-3-6-5-9(12)7(4-2)8(11)10(6)13/h5,13H,3-4H2,1-2H3. The first kappa shape index (κ1) is 9.57. The summed E-state index contributed by atoms with van der Waals surface area (Å²) in [4.78, 5) is 11.3. The molecule has 0 aliphatic rings. The molecule has 72 valence electrons. The number of rotatable bonds is 2. The predicted molar refractivity (Wildman–Crippen MR) is 45.6 cm³/mol. The van der Waals surface area contributed by atoms with Crippen LogP contribution in [0.5, 0.6) is 0 Å². The topological polar surface area (TPSA) is 69.2 Å². The molecule has 0 aromatic carbocycles. The fraction of sp³-hybridized carbons (Fsp3) is 0.500. The highest BCUT2D eigenvalue weighted by molar-refractivity contribution is 4.98. The molecule has 1 rings (SSSR count). The highest BCUT2D eigenvalue weighted by Crippen LogP contribution is 1.93. The Kier molecular flexibility index (Phi) is 2.55. The summed E-state index contributed by atoms with van der Waals surface area (Å²) in [5.41, 5.74) is -0.256. The molecule has 1 aromatic heterocycles. The zero-order valence-electron chi connectivity index (χ0n) is 7.65. The third-order valence-corrected chi connectivity index (χ3v) is 1.94. The van der Waals surface area contributed by atoms with E-state index in [1.165, 1.54) is 6.20 Å². The average molecular weight is 184 g/mol. The molecular weight excluding hydrogens is 172 g/mol. The van der Waals surface area contributed by atoms with Crippen molar-refractivity contribution in [2.45, 2.75) is 26.7 Å². The molecule has 13 heavy (non-hydrogen) atoms. The highest BCUT2D eigenvalue weighted by Gasteiger charge is 2.15. The van der Waals surface area contributed by atoms with Crippen LogP contribution in [0, 0.1) is 5.21 Å². The first-order valence-corrected chi connectivity index (χ1v) is 4.18. The maximum absolute atomic E-state index is 11.3. The zero-order chi connectivity index (χ0) is 10.0. The number of aryl methyl sites for hydroxylation is 1. The SMILES string of the molecule is CCc1c[n+]([O-])c(CC)c(=O)n1O. The average Bonchev–Trinajstić information content (AvgIpc) is 2.12. The van der Waals surface area contributed by atoms with Crippen molar-refractivity contribution in [2.75, 3.05) is 0 Å². The summed E-state index contributed by atoms with van der Waals surface area (Å²) in [5.74, 6) is 0. The third kappa shape index (κ3) is 1.49. The second kappa shape index (κ2) is 3.47. The number of hydrogen-bond donors (Lipinski definition) is 1. The lowest BCUT2D eigenvalue weighted by atomic mass is 10.3. The first-order chi connectivity index (χ1) is 6.11. The van der Waals surface area contributed by atoms with Crippen LogP contribution in [-0.4, -0.2) is 9.94 Å². The molecule has 0 aliphatic carbocycles. The van der Waals surface area contributed by atoms with Gasteiger partial charge in [-0.1, -0.05) is 13.8 Å². The van der Waals surface area contributed by atoms with Crippen molar-refractivity contribution in [1.82, 2.24) is 4.73 Å². The van der Waals surface area contributed by atoms with Gasteiger partial charge in [-0.25, -0.2) is 0 Å². The van der Waals surface area contributed by atoms with Gasteiger partial charge in [-0.05, 0) is 6.42 Å². The van der Waals surface area contributed by atoms with Gasteiger partial charge in [0.25, 0.3) is 5.69 Å². The molecular formula is C8H12N2O3. The molecule has 0 fully saturated rings. The molecule has 5 heteroatoms. The summed E-state index contributed by atoms with van der Waals surface area (Å²) < 4.78 is 1.06. The van der Waals surface area contributed by atoms with Crippen molar-refractivity contribution in [2.24, 2.45) is 0 Å². The summed E-state index contributed by atoms with van der Waals surface area (Å²) in [6, 6.07) is 0. The monoisotopic (exact) mass is 184 g/mol. The maximum Gasteiger partial charge on any atom is 0.351 e. The van der Waals surface area contributed by atoms with Crippen LogP contribution in [-0.2, 0) is 12.8 Å². The van der Waals surface area contributed by atoms with E-state index in [1.807, 2.05) is 0 Å². The lowest BCUT2D eigenvalue weighted by Gasteiger charge is -2.06. The van der Waals surface area contributed by atoms with E-state index in [1.54, 1.807) is 13.8 Å². The normalized spacial score (nSPS) is 10.3. The molecule has 1 aromatic rings. The quantitative estimate of drug-likeness (QED) is 0.394. The molecule has 0 saturated heterocycles. The van der Waals surface area contributed by atoms with Gasteiger partial charge in [-0.2, -0.15) is 4.73 Å². The van der Waals surface area contributed by atoms with Crippen molar-refractivity contribution in [3.05, 3.63) is 33.1 Å². The fourth-order valence-corrected chi connectivity index (χ4v) is 1.16. The number of hydrogen-bond acceptors (Lipinski definition) is 3.